The zero-order valence-corrected chi connectivity index (χ0v) is 13.1. The molecule has 23 heavy (non-hydrogen) atoms. The summed E-state index contributed by atoms with van der Waals surface area (Å²) in [6.45, 7) is 5.84. The number of hydrogen-bond acceptors (Lipinski definition) is 6. The topological polar surface area (TPSA) is 75.6 Å². The van der Waals surface area contributed by atoms with Gasteiger partial charge in [0.1, 0.15) is 5.82 Å². The smallest absolute Gasteiger partial charge is 0.240 e. The summed E-state index contributed by atoms with van der Waals surface area (Å²) in [6, 6.07) is 8.19. The van der Waals surface area contributed by atoms with Crippen LogP contribution in [0.2, 0.25) is 0 Å². The molecule has 0 amide bonds. The van der Waals surface area contributed by atoms with Crippen LogP contribution in [0.4, 0.5) is 17.5 Å². The molecule has 0 spiro atoms. The molecule has 1 saturated heterocycles. The van der Waals surface area contributed by atoms with Crippen LogP contribution >= 0.6 is 0 Å². The van der Waals surface area contributed by atoms with E-state index in [0.717, 1.165) is 48.9 Å². The van der Waals surface area contributed by atoms with E-state index in [9.17, 15) is 0 Å². The van der Waals surface area contributed by atoms with Gasteiger partial charge < -0.3 is 15.5 Å². The van der Waals surface area contributed by atoms with Crippen LogP contribution in [-0.4, -0.2) is 45.8 Å². The monoisotopic (exact) mass is 309 g/mol. The van der Waals surface area contributed by atoms with Crippen molar-refractivity contribution in [3.63, 3.8) is 0 Å². The molecule has 0 bridgehead atoms. The maximum atomic E-state index is 5.70. The lowest BCUT2D eigenvalue weighted by molar-refractivity contribution is 0.645. The molecule has 1 aliphatic heterocycles. The number of nitrogens with two attached hydrogens (primary N) is 1. The third-order valence-corrected chi connectivity index (χ3v) is 4.24. The quantitative estimate of drug-likeness (QED) is 0.770. The Morgan fingerprint density at radius 2 is 1.87 bits per heavy atom. The Kier molecular flexibility index (Phi) is 3.25. The highest BCUT2D eigenvalue weighted by molar-refractivity contribution is 5.58. The van der Waals surface area contributed by atoms with Crippen LogP contribution in [0.25, 0.3) is 5.65 Å². The highest BCUT2D eigenvalue weighted by Gasteiger charge is 2.19. The molecule has 0 aromatic carbocycles. The third kappa shape index (κ3) is 2.54. The number of aryl methyl sites for hydroxylation is 1. The van der Waals surface area contributed by atoms with Gasteiger partial charge in [0, 0.05) is 32.4 Å². The number of nitrogens with zero attached hydrogens (tertiary/aromatic N) is 6. The number of fused-ring (bicyclic) bond motifs is 1. The molecule has 0 aliphatic carbocycles. The zero-order valence-electron chi connectivity index (χ0n) is 13.1. The Balaban J connectivity index is 1.54. The second-order valence-corrected chi connectivity index (χ2v) is 5.78. The molecule has 0 atom stereocenters. The fraction of sp³-hybridized carbons (Fsp3) is 0.312. The van der Waals surface area contributed by atoms with Crippen molar-refractivity contribution < 1.29 is 0 Å². The van der Waals surface area contributed by atoms with Crippen molar-refractivity contribution in [1.29, 1.82) is 0 Å². The van der Waals surface area contributed by atoms with E-state index in [1.807, 2.05) is 31.5 Å². The van der Waals surface area contributed by atoms with Gasteiger partial charge in [0.25, 0.3) is 0 Å². The first-order valence-electron chi connectivity index (χ1n) is 7.74. The molecule has 7 nitrogen and oxygen atoms in total. The summed E-state index contributed by atoms with van der Waals surface area (Å²) in [5, 5.41) is 4.23. The predicted molar refractivity (Wildman–Crippen MR) is 90.8 cm³/mol. The Morgan fingerprint density at radius 1 is 1.09 bits per heavy atom. The molecular weight excluding hydrogens is 290 g/mol. The zero-order chi connectivity index (χ0) is 15.8. The van der Waals surface area contributed by atoms with E-state index in [-0.39, 0.29) is 0 Å². The van der Waals surface area contributed by atoms with E-state index in [0.29, 0.717) is 5.95 Å². The largest absolute Gasteiger partial charge is 0.367 e. The highest BCUT2D eigenvalue weighted by atomic mass is 15.3. The molecule has 2 N–H and O–H groups in total. The maximum Gasteiger partial charge on any atom is 0.240 e. The lowest BCUT2D eigenvalue weighted by Crippen LogP contribution is -2.46. The summed E-state index contributed by atoms with van der Waals surface area (Å²) in [5.41, 5.74) is 8.75. The third-order valence-electron chi connectivity index (χ3n) is 4.24. The summed E-state index contributed by atoms with van der Waals surface area (Å²) in [7, 11) is 0. The molecule has 7 heteroatoms. The fourth-order valence-corrected chi connectivity index (χ4v) is 3.06. The van der Waals surface area contributed by atoms with Gasteiger partial charge in [-0.2, -0.15) is 4.98 Å². The molecule has 1 aliphatic rings. The Labute approximate surface area is 134 Å². The molecular formula is C16H19N7. The lowest BCUT2D eigenvalue weighted by atomic mass is 10.2. The van der Waals surface area contributed by atoms with Gasteiger partial charge in [0.05, 0.1) is 11.9 Å². The van der Waals surface area contributed by atoms with Crippen LogP contribution in [0.5, 0.6) is 0 Å². The van der Waals surface area contributed by atoms with Crippen LogP contribution in [0.1, 0.15) is 5.56 Å². The van der Waals surface area contributed by atoms with Crippen molar-refractivity contribution in [1.82, 2.24) is 19.6 Å². The number of nitrogen functional groups attached to an aromatic ring is 1. The number of anilines is 3. The average Bonchev–Trinajstić information content (AvgIpc) is 2.97. The highest BCUT2D eigenvalue weighted by Crippen LogP contribution is 2.22. The summed E-state index contributed by atoms with van der Waals surface area (Å²) < 4.78 is 1.77. The van der Waals surface area contributed by atoms with Gasteiger partial charge in [0.2, 0.25) is 5.95 Å². The number of aromatic nitrogens is 4. The van der Waals surface area contributed by atoms with Gasteiger partial charge in [0.15, 0.2) is 5.65 Å². The number of hydrogen-bond donors (Lipinski definition) is 1. The summed E-state index contributed by atoms with van der Waals surface area (Å²) >= 11 is 0. The summed E-state index contributed by atoms with van der Waals surface area (Å²) in [5.74, 6) is 1.35. The van der Waals surface area contributed by atoms with E-state index < -0.39 is 0 Å². The van der Waals surface area contributed by atoms with E-state index in [4.69, 9.17) is 5.73 Å². The van der Waals surface area contributed by atoms with Gasteiger partial charge in [-0.3, -0.25) is 0 Å². The van der Waals surface area contributed by atoms with Crippen molar-refractivity contribution in [2.75, 3.05) is 41.7 Å². The molecule has 4 rings (SSSR count). The van der Waals surface area contributed by atoms with Crippen LogP contribution in [0, 0.1) is 6.92 Å². The van der Waals surface area contributed by atoms with Crippen LogP contribution in [0.3, 0.4) is 0 Å². The molecule has 3 aromatic heterocycles. The van der Waals surface area contributed by atoms with Gasteiger partial charge in [-0.05, 0) is 30.7 Å². The average molecular weight is 309 g/mol. The molecule has 4 heterocycles. The second kappa shape index (κ2) is 5.42. The standard InChI is InChI=1S/C16H19N7/c1-12-10-13(11-23-15(12)19-16(17)20-23)21-6-8-22(9-7-21)14-4-2-3-5-18-14/h2-5,10-11H,6-9H2,1H3,(H2,17,20). The fourth-order valence-electron chi connectivity index (χ4n) is 3.06. The number of rotatable bonds is 2. The Hall–Kier alpha value is -2.83. The van der Waals surface area contributed by atoms with Crippen molar-refractivity contribution >= 4 is 23.1 Å². The van der Waals surface area contributed by atoms with Gasteiger partial charge in [-0.25, -0.2) is 9.50 Å². The van der Waals surface area contributed by atoms with E-state index in [2.05, 4.69) is 37.0 Å². The molecule has 0 unspecified atom stereocenters. The normalized spacial score (nSPS) is 15.3. The minimum atomic E-state index is 0.310. The minimum absolute atomic E-state index is 0.310. The Bertz CT molecular complexity index is 819. The lowest BCUT2D eigenvalue weighted by Gasteiger charge is -2.36. The predicted octanol–water partition coefficient (Wildman–Crippen LogP) is 1.34. The van der Waals surface area contributed by atoms with Crippen LogP contribution in [0.15, 0.2) is 36.7 Å². The van der Waals surface area contributed by atoms with Crippen molar-refractivity contribution in [3.05, 3.63) is 42.2 Å². The van der Waals surface area contributed by atoms with Crippen LogP contribution in [-0.2, 0) is 0 Å². The molecule has 3 aromatic rings. The van der Waals surface area contributed by atoms with Crippen molar-refractivity contribution in [2.24, 2.45) is 0 Å². The van der Waals surface area contributed by atoms with E-state index in [1.165, 1.54) is 0 Å². The summed E-state index contributed by atoms with van der Waals surface area (Å²) in [6.07, 6.45) is 3.84. The number of piperazine rings is 1. The van der Waals surface area contributed by atoms with Gasteiger partial charge >= 0.3 is 0 Å². The molecule has 0 saturated carbocycles. The molecule has 118 valence electrons. The van der Waals surface area contributed by atoms with Crippen molar-refractivity contribution in [2.45, 2.75) is 6.92 Å². The van der Waals surface area contributed by atoms with E-state index in [1.54, 1.807) is 4.52 Å². The number of pyridine rings is 2. The second-order valence-electron chi connectivity index (χ2n) is 5.78. The molecule has 1 fully saturated rings. The first-order valence-corrected chi connectivity index (χ1v) is 7.74. The first-order chi connectivity index (χ1) is 11.2. The minimum Gasteiger partial charge on any atom is -0.367 e. The van der Waals surface area contributed by atoms with Gasteiger partial charge in [-0.1, -0.05) is 6.07 Å². The van der Waals surface area contributed by atoms with Crippen molar-refractivity contribution in [3.8, 4) is 0 Å². The summed E-state index contributed by atoms with van der Waals surface area (Å²) in [4.78, 5) is 13.4. The SMILES string of the molecule is Cc1cc(N2CCN(c3ccccn3)CC2)cn2nc(N)nc12. The van der Waals surface area contributed by atoms with E-state index >= 15 is 0 Å². The van der Waals surface area contributed by atoms with Gasteiger partial charge in [-0.15, -0.1) is 5.10 Å². The molecule has 0 radical (unpaired) electrons. The Morgan fingerprint density at radius 3 is 2.61 bits per heavy atom. The van der Waals surface area contributed by atoms with Crippen LogP contribution < -0.4 is 15.5 Å². The first kappa shape index (κ1) is 13.8. The maximum absolute atomic E-state index is 5.70.